The second kappa shape index (κ2) is 6.97. The van der Waals surface area contributed by atoms with Crippen molar-refractivity contribution in [2.75, 3.05) is 6.54 Å². The highest BCUT2D eigenvalue weighted by atomic mass is 19.4. The summed E-state index contributed by atoms with van der Waals surface area (Å²) in [5.41, 5.74) is -0.807. The van der Waals surface area contributed by atoms with Crippen LogP contribution in [0.3, 0.4) is 0 Å². The molecule has 0 saturated carbocycles. The van der Waals surface area contributed by atoms with Gasteiger partial charge >= 0.3 is 12.1 Å². The maximum atomic E-state index is 11.9. The van der Waals surface area contributed by atoms with Gasteiger partial charge in [-0.1, -0.05) is 0 Å². The van der Waals surface area contributed by atoms with Gasteiger partial charge in [0.2, 0.25) is 0 Å². The molecule has 0 aliphatic rings. The van der Waals surface area contributed by atoms with Gasteiger partial charge in [0.05, 0.1) is 5.41 Å². The highest BCUT2D eigenvalue weighted by Gasteiger charge is 2.27. The first-order valence-electron chi connectivity index (χ1n) is 6.08. The van der Waals surface area contributed by atoms with Crippen molar-refractivity contribution < 1.29 is 23.1 Å². The molecular weight excluding hydrogens is 247 g/mol. The molecule has 18 heavy (non-hydrogen) atoms. The quantitative estimate of drug-likeness (QED) is 0.711. The van der Waals surface area contributed by atoms with Gasteiger partial charge in [0, 0.05) is 12.5 Å². The van der Waals surface area contributed by atoms with Crippen molar-refractivity contribution in [3.05, 3.63) is 0 Å². The summed E-state index contributed by atoms with van der Waals surface area (Å²) in [6.45, 7) is 5.56. The van der Waals surface area contributed by atoms with Gasteiger partial charge < -0.3 is 10.4 Å². The van der Waals surface area contributed by atoms with Crippen LogP contribution in [0.1, 0.15) is 46.5 Å². The molecule has 0 amide bonds. The molecule has 0 radical (unpaired) electrons. The van der Waals surface area contributed by atoms with Gasteiger partial charge in [0.25, 0.3) is 0 Å². The molecule has 0 rings (SSSR count). The number of rotatable bonds is 8. The number of carboxylic acid groups (broad SMARTS) is 1. The largest absolute Gasteiger partial charge is 0.481 e. The average Bonchev–Trinajstić information content (AvgIpc) is 2.14. The van der Waals surface area contributed by atoms with Crippen molar-refractivity contribution in [3.63, 3.8) is 0 Å². The third kappa shape index (κ3) is 8.33. The zero-order valence-corrected chi connectivity index (χ0v) is 11.1. The minimum atomic E-state index is -4.09. The third-order valence-electron chi connectivity index (χ3n) is 2.92. The number of carbonyl (C=O) groups is 1. The number of hydrogen-bond acceptors (Lipinski definition) is 2. The van der Waals surface area contributed by atoms with Gasteiger partial charge in [0.1, 0.15) is 0 Å². The predicted octanol–water partition coefficient (Wildman–Crippen LogP) is 3.20. The summed E-state index contributed by atoms with van der Waals surface area (Å²) in [4.78, 5) is 10.8. The van der Waals surface area contributed by atoms with Crippen LogP contribution in [0.2, 0.25) is 0 Å². The van der Waals surface area contributed by atoms with Gasteiger partial charge in [-0.3, -0.25) is 4.79 Å². The lowest BCUT2D eigenvalue weighted by molar-refractivity contribution is -0.147. The number of nitrogens with one attached hydrogen (secondary N) is 1. The van der Waals surface area contributed by atoms with E-state index in [0.29, 0.717) is 19.4 Å². The molecule has 0 saturated heterocycles. The number of hydrogen-bond donors (Lipinski definition) is 2. The Labute approximate surface area is 106 Å². The lowest BCUT2D eigenvalue weighted by atomic mass is 9.89. The Morgan fingerprint density at radius 1 is 1.28 bits per heavy atom. The highest BCUT2D eigenvalue weighted by Crippen LogP contribution is 2.23. The van der Waals surface area contributed by atoms with Crippen molar-refractivity contribution in [1.82, 2.24) is 5.32 Å². The van der Waals surface area contributed by atoms with Crippen molar-refractivity contribution in [3.8, 4) is 0 Å². The minimum absolute atomic E-state index is 0.0306. The van der Waals surface area contributed by atoms with E-state index in [4.69, 9.17) is 5.11 Å². The van der Waals surface area contributed by atoms with Crippen LogP contribution in [-0.2, 0) is 4.79 Å². The molecule has 0 aliphatic heterocycles. The molecule has 0 aromatic heterocycles. The Morgan fingerprint density at radius 2 is 1.83 bits per heavy atom. The van der Waals surface area contributed by atoms with E-state index in [1.54, 1.807) is 13.8 Å². The van der Waals surface area contributed by atoms with Crippen LogP contribution in [0.4, 0.5) is 13.2 Å². The zero-order valence-electron chi connectivity index (χ0n) is 11.1. The van der Waals surface area contributed by atoms with E-state index in [1.165, 1.54) is 0 Å². The van der Waals surface area contributed by atoms with E-state index in [0.717, 1.165) is 0 Å². The summed E-state index contributed by atoms with van der Waals surface area (Å²) < 4.78 is 35.8. The number of halogens is 3. The Kier molecular flexibility index (Phi) is 6.67. The van der Waals surface area contributed by atoms with Gasteiger partial charge in [0.15, 0.2) is 0 Å². The van der Waals surface area contributed by atoms with Crippen LogP contribution in [0.5, 0.6) is 0 Å². The van der Waals surface area contributed by atoms with E-state index in [1.807, 2.05) is 6.92 Å². The van der Waals surface area contributed by atoms with Crippen molar-refractivity contribution >= 4 is 5.97 Å². The fourth-order valence-corrected chi connectivity index (χ4v) is 1.45. The first kappa shape index (κ1) is 17.2. The minimum Gasteiger partial charge on any atom is -0.481 e. The maximum Gasteiger partial charge on any atom is 0.389 e. The molecular formula is C12H22F3NO2. The predicted molar refractivity (Wildman–Crippen MR) is 63.4 cm³/mol. The van der Waals surface area contributed by atoms with E-state index >= 15 is 0 Å². The second-order valence-electron chi connectivity index (χ2n) is 5.30. The average molecular weight is 269 g/mol. The molecule has 0 aromatic carbocycles. The second-order valence-corrected chi connectivity index (χ2v) is 5.30. The molecule has 0 spiro atoms. The van der Waals surface area contributed by atoms with Crippen LogP contribution in [0, 0.1) is 5.41 Å². The van der Waals surface area contributed by atoms with Gasteiger partial charge in [-0.05, 0) is 46.6 Å². The molecule has 0 heterocycles. The van der Waals surface area contributed by atoms with E-state index in [-0.39, 0.29) is 12.5 Å². The first-order chi connectivity index (χ1) is 8.04. The molecule has 0 aliphatic carbocycles. The fourth-order valence-electron chi connectivity index (χ4n) is 1.45. The Morgan fingerprint density at radius 3 is 2.28 bits per heavy atom. The summed E-state index contributed by atoms with van der Waals surface area (Å²) in [5, 5.41) is 11.9. The molecule has 1 atom stereocenters. The van der Waals surface area contributed by atoms with Crippen LogP contribution in [0.15, 0.2) is 0 Å². The van der Waals surface area contributed by atoms with Crippen molar-refractivity contribution in [2.45, 2.75) is 58.7 Å². The lowest BCUT2D eigenvalue weighted by Gasteiger charge is -2.21. The molecule has 0 bridgehead atoms. The Balaban J connectivity index is 3.72. The van der Waals surface area contributed by atoms with Crippen molar-refractivity contribution in [1.29, 1.82) is 0 Å². The number of carboxylic acids is 1. The van der Waals surface area contributed by atoms with E-state index in [9.17, 15) is 18.0 Å². The Bertz CT molecular complexity index is 265. The van der Waals surface area contributed by atoms with Crippen LogP contribution < -0.4 is 5.32 Å². The molecule has 0 aromatic rings. The van der Waals surface area contributed by atoms with E-state index in [2.05, 4.69) is 5.32 Å². The molecule has 1 unspecified atom stereocenters. The van der Waals surface area contributed by atoms with Crippen LogP contribution >= 0.6 is 0 Å². The topological polar surface area (TPSA) is 49.3 Å². The molecule has 2 N–H and O–H groups in total. The summed E-state index contributed by atoms with van der Waals surface area (Å²) in [5.74, 6) is -0.867. The first-order valence-corrected chi connectivity index (χ1v) is 6.08. The fraction of sp³-hybridized carbons (Fsp3) is 0.917. The highest BCUT2D eigenvalue weighted by molar-refractivity contribution is 5.73. The molecule has 6 heteroatoms. The SMILES string of the molecule is CC(CCCC(F)(F)F)NCCC(C)(C)C(=O)O. The standard InChI is InChI=1S/C12H22F3NO2/c1-9(5-4-6-12(13,14)15)16-8-7-11(2,3)10(17)18/h9,16H,4-8H2,1-3H3,(H,17,18). The summed E-state index contributed by atoms with van der Waals surface area (Å²) >= 11 is 0. The third-order valence-corrected chi connectivity index (χ3v) is 2.92. The molecule has 3 nitrogen and oxygen atoms in total. The normalized spacial score (nSPS) is 14.6. The number of alkyl halides is 3. The maximum absolute atomic E-state index is 11.9. The zero-order chi connectivity index (χ0) is 14.4. The smallest absolute Gasteiger partial charge is 0.389 e. The molecule has 0 fully saturated rings. The van der Waals surface area contributed by atoms with Gasteiger partial charge in [-0.2, -0.15) is 13.2 Å². The Hall–Kier alpha value is -0.780. The van der Waals surface area contributed by atoms with E-state index < -0.39 is 24.0 Å². The lowest BCUT2D eigenvalue weighted by Crippen LogP contribution is -2.33. The molecule has 108 valence electrons. The van der Waals surface area contributed by atoms with Gasteiger partial charge in [-0.15, -0.1) is 0 Å². The van der Waals surface area contributed by atoms with Crippen molar-refractivity contribution in [2.24, 2.45) is 5.41 Å². The monoisotopic (exact) mass is 269 g/mol. The summed E-state index contributed by atoms with van der Waals surface area (Å²) in [6.07, 6.45) is -3.87. The summed E-state index contributed by atoms with van der Waals surface area (Å²) in [7, 11) is 0. The van der Waals surface area contributed by atoms with Gasteiger partial charge in [-0.25, -0.2) is 0 Å². The van der Waals surface area contributed by atoms with Crippen LogP contribution in [-0.4, -0.2) is 29.8 Å². The van der Waals surface area contributed by atoms with Crippen LogP contribution in [0.25, 0.3) is 0 Å². The summed E-state index contributed by atoms with van der Waals surface area (Å²) in [6, 6.07) is -0.0306. The number of aliphatic carboxylic acids is 1.